The summed E-state index contributed by atoms with van der Waals surface area (Å²) in [5, 5.41) is 18.4. The zero-order chi connectivity index (χ0) is 15.2. The minimum absolute atomic E-state index is 0.104. The summed E-state index contributed by atoms with van der Waals surface area (Å²) in [6.45, 7) is 3.97. The Morgan fingerprint density at radius 2 is 2.10 bits per heavy atom. The number of benzene rings is 1. The van der Waals surface area contributed by atoms with Crippen LogP contribution in [0.15, 0.2) is 24.3 Å². The van der Waals surface area contributed by atoms with Crippen LogP contribution >= 0.6 is 0 Å². The van der Waals surface area contributed by atoms with Gasteiger partial charge in [-0.3, -0.25) is 0 Å². The van der Waals surface area contributed by atoms with Crippen LogP contribution in [0.4, 0.5) is 0 Å². The van der Waals surface area contributed by atoms with Crippen molar-refractivity contribution < 1.29 is 13.5 Å². The maximum Gasteiger partial charge on any atom is 0.215 e. The molecule has 0 fully saturated rings. The number of hydrogen-bond donors (Lipinski definition) is 2. The van der Waals surface area contributed by atoms with Crippen LogP contribution < -0.4 is 4.72 Å². The van der Waals surface area contributed by atoms with Gasteiger partial charge >= 0.3 is 0 Å². The van der Waals surface area contributed by atoms with E-state index in [-0.39, 0.29) is 18.2 Å². The lowest BCUT2D eigenvalue weighted by Gasteiger charge is -2.14. The number of nitrogens with one attached hydrogen (secondary N) is 1. The molecule has 0 aromatic heterocycles. The van der Waals surface area contributed by atoms with Crippen LogP contribution in [0.2, 0.25) is 0 Å². The van der Waals surface area contributed by atoms with Crippen LogP contribution in [-0.2, 0) is 15.8 Å². The highest BCUT2D eigenvalue weighted by Crippen LogP contribution is 2.09. The highest BCUT2D eigenvalue weighted by Gasteiger charge is 2.14. The Morgan fingerprint density at radius 3 is 2.70 bits per heavy atom. The first-order chi connectivity index (χ1) is 9.34. The second kappa shape index (κ2) is 7.39. The molecule has 6 heteroatoms. The van der Waals surface area contributed by atoms with Crippen molar-refractivity contribution in [3.63, 3.8) is 0 Å². The zero-order valence-corrected chi connectivity index (χ0v) is 12.5. The van der Waals surface area contributed by atoms with Gasteiger partial charge in [0.25, 0.3) is 0 Å². The number of aliphatic hydroxyl groups excluding tert-OH is 1. The normalized spacial score (nSPS) is 13.2. The maximum absolute atomic E-state index is 11.9. The molecule has 1 atom stereocenters. The molecular formula is C14H20N2O3S. The van der Waals surface area contributed by atoms with E-state index in [0.717, 1.165) is 0 Å². The molecule has 0 spiro atoms. The van der Waals surface area contributed by atoms with E-state index in [1.54, 1.807) is 24.3 Å². The zero-order valence-electron chi connectivity index (χ0n) is 11.7. The molecule has 0 saturated heterocycles. The van der Waals surface area contributed by atoms with E-state index in [9.17, 15) is 13.5 Å². The summed E-state index contributed by atoms with van der Waals surface area (Å²) in [5.41, 5.74) is 1.01. The second-order valence-corrected chi connectivity index (χ2v) is 6.87. The van der Waals surface area contributed by atoms with Crippen molar-refractivity contribution in [1.29, 1.82) is 5.26 Å². The lowest BCUT2D eigenvalue weighted by Crippen LogP contribution is -2.29. The van der Waals surface area contributed by atoms with E-state index < -0.39 is 16.1 Å². The minimum Gasteiger partial charge on any atom is -0.393 e. The number of aliphatic hydroxyl groups is 1. The van der Waals surface area contributed by atoms with Crippen molar-refractivity contribution in [3.8, 4) is 6.07 Å². The molecule has 0 aliphatic rings. The lowest BCUT2D eigenvalue weighted by atomic mass is 10.1. The molecule has 0 bridgehead atoms. The topological polar surface area (TPSA) is 90.2 Å². The molecular weight excluding hydrogens is 276 g/mol. The van der Waals surface area contributed by atoms with Gasteiger partial charge in [-0.1, -0.05) is 26.0 Å². The van der Waals surface area contributed by atoms with Gasteiger partial charge in [-0.15, -0.1) is 0 Å². The summed E-state index contributed by atoms with van der Waals surface area (Å²) >= 11 is 0. The van der Waals surface area contributed by atoms with Crippen LogP contribution in [0.1, 0.15) is 31.4 Å². The summed E-state index contributed by atoms with van der Waals surface area (Å²) in [6.07, 6.45) is -0.130. The Balaban J connectivity index is 2.55. The van der Waals surface area contributed by atoms with Gasteiger partial charge in [0.1, 0.15) is 0 Å². The van der Waals surface area contributed by atoms with Crippen LogP contribution in [0.5, 0.6) is 0 Å². The second-order valence-electron chi connectivity index (χ2n) is 5.07. The number of rotatable bonds is 7. The fourth-order valence-corrected chi connectivity index (χ4v) is 2.85. The van der Waals surface area contributed by atoms with E-state index in [4.69, 9.17) is 5.26 Å². The van der Waals surface area contributed by atoms with Gasteiger partial charge in [-0.25, -0.2) is 13.1 Å². The molecule has 5 nitrogen and oxygen atoms in total. The summed E-state index contributed by atoms with van der Waals surface area (Å²) in [5.74, 6) is -0.0628. The van der Waals surface area contributed by atoms with Crippen molar-refractivity contribution in [2.45, 2.75) is 32.1 Å². The Bertz CT molecular complexity index is 576. The Labute approximate surface area is 120 Å². The van der Waals surface area contributed by atoms with Gasteiger partial charge in [0.15, 0.2) is 0 Å². The summed E-state index contributed by atoms with van der Waals surface area (Å²) in [7, 11) is -3.45. The van der Waals surface area contributed by atoms with Crippen molar-refractivity contribution >= 4 is 10.0 Å². The predicted octanol–water partition coefficient (Wildman–Crippen LogP) is 1.38. The first kappa shape index (κ1) is 16.6. The van der Waals surface area contributed by atoms with Gasteiger partial charge in [-0.05, 0) is 30.0 Å². The molecule has 0 aliphatic carbocycles. The van der Waals surface area contributed by atoms with Crippen LogP contribution in [0.25, 0.3) is 0 Å². The molecule has 0 heterocycles. The first-order valence-electron chi connectivity index (χ1n) is 6.48. The average molecular weight is 296 g/mol. The Kier molecular flexibility index (Phi) is 6.14. The van der Waals surface area contributed by atoms with E-state index >= 15 is 0 Å². The summed E-state index contributed by atoms with van der Waals surface area (Å²) in [4.78, 5) is 0. The molecule has 1 rings (SSSR count). The summed E-state index contributed by atoms with van der Waals surface area (Å²) < 4.78 is 26.2. The van der Waals surface area contributed by atoms with Crippen LogP contribution in [0, 0.1) is 17.2 Å². The van der Waals surface area contributed by atoms with E-state index in [2.05, 4.69) is 4.72 Å². The van der Waals surface area contributed by atoms with Crippen molar-refractivity contribution in [2.24, 2.45) is 5.92 Å². The van der Waals surface area contributed by atoms with Crippen LogP contribution in [-0.4, -0.2) is 26.2 Å². The molecule has 1 aromatic carbocycles. The third kappa shape index (κ3) is 5.70. The molecule has 0 aliphatic heterocycles. The molecule has 0 saturated carbocycles. The Hall–Kier alpha value is -1.42. The predicted molar refractivity (Wildman–Crippen MR) is 77.2 cm³/mol. The highest BCUT2D eigenvalue weighted by atomic mass is 32.2. The molecule has 110 valence electrons. The minimum atomic E-state index is -3.45. The molecule has 0 amide bonds. The largest absolute Gasteiger partial charge is 0.393 e. The SMILES string of the molecule is CC(C)C(O)CCNS(=O)(=O)Cc1cccc(C#N)c1. The number of nitrogens with zero attached hydrogens (tertiary/aromatic N) is 1. The van der Waals surface area contributed by atoms with Gasteiger partial charge in [-0.2, -0.15) is 5.26 Å². The lowest BCUT2D eigenvalue weighted by molar-refractivity contribution is 0.118. The van der Waals surface area contributed by atoms with Crippen LogP contribution in [0.3, 0.4) is 0 Å². The van der Waals surface area contributed by atoms with E-state index in [0.29, 0.717) is 17.5 Å². The summed E-state index contributed by atoms with van der Waals surface area (Å²) in [6, 6.07) is 8.49. The molecule has 1 unspecified atom stereocenters. The molecule has 1 aromatic rings. The first-order valence-corrected chi connectivity index (χ1v) is 8.13. The average Bonchev–Trinajstić information content (AvgIpc) is 2.37. The fraction of sp³-hybridized carbons (Fsp3) is 0.500. The standard InChI is InChI=1S/C14H20N2O3S/c1-11(2)14(17)6-7-16-20(18,19)10-13-5-3-4-12(8-13)9-15/h3-5,8,11,14,16-17H,6-7,10H2,1-2H3. The monoisotopic (exact) mass is 296 g/mol. The quantitative estimate of drug-likeness (QED) is 0.795. The molecule has 20 heavy (non-hydrogen) atoms. The smallest absolute Gasteiger partial charge is 0.215 e. The van der Waals surface area contributed by atoms with Gasteiger partial charge in [0.2, 0.25) is 10.0 Å². The number of nitriles is 1. The third-order valence-electron chi connectivity index (χ3n) is 2.94. The Morgan fingerprint density at radius 1 is 1.40 bits per heavy atom. The van der Waals surface area contributed by atoms with Crippen molar-refractivity contribution in [2.75, 3.05) is 6.54 Å². The number of hydrogen-bond acceptors (Lipinski definition) is 4. The maximum atomic E-state index is 11.9. The van der Waals surface area contributed by atoms with Crippen molar-refractivity contribution in [1.82, 2.24) is 4.72 Å². The number of sulfonamides is 1. The molecule has 2 N–H and O–H groups in total. The van der Waals surface area contributed by atoms with Gasteiger partial charge in [0.05, 0.1) is 23.5 Å². The van der Waals surface area contributed by atoms with Gasteiger partial charge in [0, 0.05) is 6.54 Å². The fourth-order valence-electron chi connectivity index (χ4n) is 1.70. The van der Waals surface area contributed by atoms with E-state index in [1.807, 2.05) is 19.9 Å². The van der Waals surface area contributed by atoms with Crippen molar-refractivity contribution in [3.05, 3.63) is 35.4 Å². The van der Waals surface area contributed by atoms with Gasteiger partial charge < -0.3 is 5.11 Å². The van der Waals surface area contributed by atoms with E-state index in [1.165, 1.54) is 0 Å². The third-order valence-corrected chi connectivity index (χ3v) is 4.30. The highest BCUT2D eigenvalue weighted by molar-refractivity contribution is 7.88. The molecule has 0 radical (unpaired) electrons.